The van der Waals surface area contributed by atoms with Crippen LogP contribution in [0.5, 0.6) is 0 Å². The number of hydrogen-bond donors (Lipinski definition) is 1. The fraction of sp³-hybridized carbons (Fsp3) is 0.579. The van der Waals surface area contributed by atoms with Crippen molar-refractivity contribution >= 4 is 47.0 Å². The number of nitrogens with two attached hydrogens (primary N) is 1. The molecule has 0 saturated carbocycles. The molecule has 1 spiro atoms. The van der Waals surface area contributed by atoms with E-state index in [-0.39, 0.29) is 36.2 Å². The highest BCUT2D eigenvalue weighted by Gasteiger charge is 2.68. The van der Waals surface area contributed by atoms with Crippen molar-refractivity contribution in [3.8, 4) is 0 Å². The number of hydrogen-bond acceptors (Lipinski definition) is 7. The van der Waals surface area contributed by atoms with Gasteiger partial charge in [-0.1, -0.05) is 6.07 Å². The summed E-state index contributed by atoms with van der Waals surface area (Å²) in [5.41, 5.74) is 7.86. The molecule has 0 radical (unpaired) electrons. The van der Waals surface area contributed by atoms with Crippen LogP contribution in [0, 0.1) is 11.8 Å². The Labute approximate surface area is 179 Å². The minimum Gasteiger partial charge on any atom is -0.368 e. The number of ether oxygens (including phenoxy) is 1. The van der Waals surface area contributed by atoms with E-state index in [1.807, 2.05) is 18.2 Å². The Kier molecular flexibility index (Phi) is 5.27. The van der Waals surface area contributed by atoms with Crippen molar-refractivity contribution in [1.29, 1.82) is 0 Å². The molecule has 2 amide bonds. The number of fused-ring (bicyclic) bond motifs is 2. The average molecular weight is 438 g/mol. The first-order chi connectivity index (χ1) is 13.5. The molecule has 1 aromatic heterocycles. The third-order valence-electron chi connectivity index (χ3n) is 6.40. The molecule has 3 aliphatic rings. The van der Waals surface area contributed by atoms with Crippen LogP contribution in [-0.4, -0.2) is 68.7 Å². The zero-order chi connectivity index (χ0) is 19.5. The Balaban J connectivity index is 0.00000205. The van der Waals surface area contributed by atoms with E-state index in [1.54, 1.807) is 16.8 Å². The van der Waals surface area contributed by atoms with Gasteiger partial charge in [-0.15, -0.1) is 12.4 Å². The molecule has 0 unspecified atom stereocenters. The molecule has 2 bridgehead atoms. The lowest BCUT2D eigenvalue weighted by atomic mass is 9.72. The summed E-state index contributed by atoms with van der Waals surface area (Å²) in [6.07, 6.45) is 1.52. The van der Waals surface area contributed by atoms with Crippen LogP contribution in [-0.2, 0) is 20.9 Å². The fourth-order valence-corrected chi connectivity index (χ4v) is 5.72. The molecule has 2 N–H and O–H groups in total. The van der Waals surface area contributed by atoms with Gasteiger partial charge in [-0.25, -0.2) is 0 Å². The predicted molar refractivity (Wildman–Crippen MR) is 111 cm³/mol. The molecular weight excluding hydrogens is 414 g/mol. The second kappa shape index (κ2) is 7.46. The molecule has 3 fully saturated rings. The second-order valence-electron chi connectivity index (χ2n) is 8.09. The van der Waals surface area contributed by atoms with Gasteiger partial charge in [0.1, 0.15) is 11.0 Å². The monoisotopic (exact) mass is 437 g/mol. The summed E-state index contributed by atoms with van der Waals surface area (Å²) in [6, 6.07) is 5.86. The van der Waals surface area contributed by atoms with E-state index in [0.29, 0.717) is 26.2 Å². The zero-order valence-corrected chi connectivity index (χ0v) is 17.7. The van der Waals surface area contributed by atoms with E-state index in [4.69, 9.17) is 10.5 Å². The van der Waals surface area contributed by atoms with Gasteiger partial charge in [0.25, 0.3) is 0 Å². The number of amides is 2. The van der Waals surface area contributed by atoms with E-state index < -0.39 is 11.5 Å². The third-order valence-corrected chi connectivity index (χ3v) is 6.96. The molecule has 3 saturated heterocycles. The van der Waals surface area contributed by atoms with Crippen LogP contribution in [0.4, 0.5) is 0 Å². The molecule has 3 aliphatic heterocycles. The van der Waals surface area contributed by atoms with Gasteiger partial charge in [0.2, 0.25) is 11.8 Å². The van der Waals surface area contributed by atoms with Gasteiger partial charge in [0.15, 0.2) is 0 Å². The highest BCUT2D eigenvalue weighted by molar-refractivity contribution is 7.00. The van der Waals surface area contributed by atoms with Gasteiger partial charge in [-0.05, 0) is 30.5 Å². The van der Waals surface area contributed by atoms with Crippen LogP contribution in [0.2, 0.25) is 0 Å². The van der Waals surface area contributed by atoms with Gasteiger partial charge in [0.05, 0.1) is 41.8 Å². The van der Waals surface area contributed by atoms with Crippen molar-refractivity contribution in [2.24, 2.45) is 17.6 Å². The molecule has 8 nitrogen and oxygen atoms in total. The predicted octanol–water partition coefficient (Wildman–Crippen LogP) is 1.04. The van der Waals surface area contributed by atoms with Gasteiger partial charge < -0.3 is 20.3 Å². The Hall–Kier alpha value is -1.81. The number of carbonyl (C=O) groups excluding carboxylic acids is 2. The molecule has 29 heavy (non-hydrogen) atoms. The van der Waals surface area contributed by atoms with E-state index in [0.717, 1.165) is 29.4 Å². The maximum absolute atomic E-state index is 13.3. The van der Waals surface area contributed by atoms with E-state index >= 15 is 0 Å². The van der Waals surface area contributed by atoms with Crippen LogP contribution in [0.1, 0.15) is 18.4 Å². The number of likely N-dealkylation sites (tertiary alicyclic amines) is 1. The molecule has 4 atom stereocenters. The largest absolute Gasteiger partial charge is 0.368 e. The Morgan fingerprint density at radius 2 is 2.21 bits per heavy atom. The van der Waals surface area contributed by atoms with Crippen LogP contribution in [0.15, 0.2) is 18.2 Å². The van der Waals surface area contributed by atoms with Crippen LogP contribution in [0.3, 0.4) is 0 Å². The number of benzene rings is 1. The van der Waals surface area contributed by atoms with Crippen molar-refractivity contribution < 1.29 is 14.3 Å². The Morgan fingerprint density at radius 1 is 1.41 bits per heavy atom. The SMILES string of the molecule is CN(Cc1ccc2nsnc2c1)C(=O)[C@H]1[C@@H]2CC[C@@]3(CN(CCN)C(=O)[C@@H]13)O2.Cl. The topological polar surface area (TPSA) is 102 Å². The smallest absolute Gasteiger partial charge is 0.229 e. The summed E-state index contributed by atoms with van der Waals surface area (Å²) in [5.74, 6) is -0.776. The second-order valence-corrected chi connectivity index (χ2v) is 8.62. The van der Waals surface area contributed by atoms with Crippen molar-refractivity contribution in [2.45, 2.75) is 31.1 Å². The maximum atomic E-state index is 13.3. The quantitative estimate of drug-likeness (QED) is 0.749. The standard InChI is InChI=1S/C19H23N5O3S.ClH/c1-23(9-11-2-3-12-13(8-11)22-28-21-12)17(25)15-14-4-5-19(27-14)10-24(7-6-20)18(26)16(15)19;/h2-3,8,14-16H,4-7,9-10,20H2,1H3;1H/t14-,15-,16+,19-;/m0./s1. The first-order valence-corrected chi connectivity index (χ1v) is 10.4. The lowest BCUT2D eigenvalue weighted by Crippen LogP contribution is -2.46. The van der Waals surface area contributed by atoms with Gasteiger partial charge in [-0.3, -0.25) is 9.59 Å². The summed E-state index contributed by atoms with van der Waals surface area (Å²) >= 11 is 1.18. The van der Waals surface area contributed by atoms with E-state index in [9.17, 15) is 9.59 Å². The molecule has 10 heteroatoms. The fourth-order valence-electron chi connectivity index (χ4n) is 5.20. The van der Waals surface area contributed by atoms with Gasteiger partial charge in [-0.2, -0.15) is 8.75 Å². The first-order valence-electron chi connectivity index (χ1n) is 9.65. The minimum atomic E-state index is -0.497. The number of halogens is 1. The first kappa shape index (κ1) is 20.5. The van der Waals surface area contributed by atoms with Gasteiger partial charge >= 0.3 is 0 Å². The third kappa shape index (κ3) is 3.11. The number of aromatic nitrogens is 2. The molecular formula is C19H24ClN5O3S. The summed E-state index contributed by atoms with van der Waals surface area (Å²) < 4.78 is 14.7. The van der Waals surface area contributed by atoms with Crippen LogP contribution < -0.4 is 5.73 Å². The lowest BCUT2D eigenvalue weighted by molar-refractivity contribution is -0.143. The molecule has 4 heterocycles. The zero-order valence-electron chi connectivity index (χ0n) is 16.1. The number of rotatable bonds is 5. The molecule has 156 valence electrons. The molecule has 1 aromatic carbocycles. The van der Waals surface area contributed by atoms with Crippen LogP contribution >= 0.6 is 24.1 Å². The summed E-state index contributed by atoms with van der Waals surface area (Å²) in [7, 11) is 1.79. The van der Waals surface area contributed by atoms with E-state index in [2.05, 4.69) is 8.75 Å². The highest BCUT2D eigenvalue weighted by Crippen LogP contribution is 2.55. The maximum Gasteiger partial charge on any atom is 0.229 e. The van der Waals surface area contributed by atoms with Crippen molar-refractivity contribution in [3.05, 3.63) is 23.8 Å². The van der Waals surface area contributed by atoms with Crippen molar-refractivity contribution in [3.63, 3.8) is 0 Å². The van der Waals surface area contributed by atoms with Crippen molar-refractivity contribution in [2.75, 3.05) is 26.7 Å². The summed E-state index contributed by atoms with van der Waals surface area (Å²) in [5, 5.41) is 0. The minimum absolute atomic E-state index is 0. The number of carbonyl (C=O) groups is 2. The molecule has 2 aromatic rings. The van der Waals surface area contributed by atoms with E-state index in [1.165, 1.54) is 11.7 Å². The molecule has 0 aliphatic carbocycles. The summed E-state index contributed by atoms with van der Waals surface area (Å²) in [6.45, 7) is 1.97. The Bertz CT molecular complexity index is 955. The summed E-state index contributed by atoms with van der Waals surface area (Å²) in [4.78, 5) is 29.8. The normalized spacial score (nSPS) is 29.9. The number of nitrogens with zero attached hydrogens (tertiary/aromatic N) is 4. The highest BCUT2D eigenvalue weighted by atomic mass is 35.5. The van der Waals surface area contributed by atoms with Crippen molar-refractivity contribution in [1.82, 2.24) is 18.5 Å². The van der Waals surface area contributed by atoms with Crippen LogP contribution in [0.25, 0.3) is 11.0 Å². The average Bonchev–Trinajstić information content (AvgIpc) is 3.42. The van der Waals surface area contributed by atoms with Gasteiger partial charge in [0, 0.05) is 26.7 Å². The Morgan fingerprint density at radius 3 is 3.00 bits per heavy atom. The molecule has 5 rings (SSSR count). The lowest BCUT2D eigenvalue weighted by Gasteiger charge is -2.30.